The molecule has 1 aliphatic carbocycles. The van der Waals surface area contributed by atoms with Crippen molar-refractivity contribution < 1.29 is 22.0 Å². The average molecular weight is 573 g/mol. The molecule has 0 unspecified atom stereocenters. The fraction of sp³-hybridized carbons (Fsp3) is 0.533. The molecule has 2 aromatic rings. The zero-order valence-electron chi connectivity index (χ0n) is 22.9. The molecule has 2 fully saturated rings. The lowest BCUT2D eigenvalue weighted by molar-refractivity contribution is -0.121. The number of likely N-dealkylation sites (tertiary alicyclic amines) is 1. The van der Waals surface area contributed by atoms with E-state index in [0.29, 0.717) is 11.3 Å². The van der Waals surface area contributed by atoms with Crippen molar-refractivity contribution in [2.75, 3.05) is 29.7 Å². The standard InChI is InChI=1S/C30H38F2N4O3S/c1-23(35-17-13-27(14-18-35)34-29(37)19-24-7-9-25(20-33)10-8-24)21-36(28-5-3-2-4-6-28)40(38,39)22-26-11-15-30(31,32)16-12-26/h2-10,23,26-27H,11-19,21-22H2,1H3,(H,34,37)/t23-/m1/s1. The molecule has 1 heterocycles. The molecule has 1 atom stereocenters. The molecule has 1 amide bonds. The summed E-state index contributed by atoms with van der Waals surface area (Å²) in [6.45, 7) is 3.73. The van der Waals surface area contributed by atoms with Gasteiger partial charge >= 0.3 is 0 Å². The van der Waals surface area contributed by atoms with Crippen molar-refractivity contribution in [2.45, 2.75) is 69.9 Å². The van der Waals surface area contributed by atoms with Crippen LogP contribution in [0.15, 0.2) is 54.6 Å². The normalized spacial score (nSPS) is 19.4. The molecule has 10 heteroatoms. The molecule has 4 rings (SSSR count). The third-order valence-electron chi connectivity index (χ3n) is 8.06. The van der Waals surface area contributed by atoms with Crippen LogP contribution in [0, 0.1) is 17.2 Å². The SMILES string of the molecule is C[C@H](CN(c1ccccc1)S(=O)(=O)CC1CCC(F)(F)CC1)N1CCC(NC(=O)Cc2ccc(C#N)cc2)CC1. The number of carbonyl (C=O) groups is 1. The largest absolute Gasteiger partial charge is 0.353 e. The van der Waals surface area contributed by atoms with Gasteiger partial charge in [0.05, 0.1) is 29.5 Å². The Labute approximate surface area is 236 Å². The van der Waals surface area contributed by atoms with E-state index in [1.807, 2.05) is 13.0 Å². The van der Waals surface area contributed by atoms with Crippen molar-refractivity contribution in [3.63, 3.8) is 0 Å². The van der Waals surface area contributed by atoms with Crippen molar-refractivity contribution in [3.8, 4) is 6.07 Å². The van der Waals surface area contributed by atoms with Crippen LogP contribution in [0.25, 0.3) is 0 Å². The average Bonchev–Trinajstić information content (AvgIpc) is 2.94. The van der Waals surface area contributed by atoms with Gasteiger partial charge in [0, 0.05) is 44.6 Å². The third kappa shape index (κ3) is 8.24. The van der Waals surface area contributed by atoms with Gasteiger partial charge in [0.15, 0.2) is 0 Å². The minimum absolute atomic E-state index is 0.0488. The lowest BCUT2D eigenvalue weighted by Gasteiger charge is -2.39. The number of anilines is 1. The molecule has 1 aliphatic heterocycles. The maximum Gasteiger partial charge on any atom is 0.248 e. The smallest absolute Gasteiger partial charge is 0.248 e. The summed E-state index contributed by atoms with van der Waals surface area (Å²) in [6, 6.07) is 18.0. The van der Waals surface area contributed by atoms with Gasteiger partial charge in [-0.15, -0.1) is 0 Å². The van der Waals surface area contributed by atoms with Gasteiger partial charge in [-0.25, -0.2) is 17.2 Å². The molecule has 1 N–H and O–H groups in total. The summed E-state index contributed by atoms with van der Waals surface area (Å²) in [6.07, 6.45) is 1.70. The number of nitrogens with one attached hydrogen (secondary N) is 1. The first-order chi connectivity index (χ1) is 19.0. The predicted molar refractivity (Wildman–Crippen MR) is 152 cm³/mol. The van der Waals surface area contributed by atoms with E-state index in [9.17, 15) is 22.0 Å². The van der Waals surface area contributed by atoms with Gasteiger partial charge in [-0.1, -0.05) is 30.3 Å². The molecule has 1 saturated carbocycles. The first kappa shape index (κ1) is 29.9. The van der Waals surface area contributed by atoms with Gasteiger partial charge in [-0.3, -0.25) is 14.0 Å². The highest BCUT2D eigenvalue weighted by atomic mass is 32.2. The van der Waals surface area contributed by atoms with Gasteiger partial charge in [-0.2, -0.15) is 5.26 Å². The molecule has 7 nitrogen and oxygen atoms in total. The number of rotatable bonds is 10. The summed E-state index contributed by atoms with van der Waals surface area (Å²) in [5.74, 6) is -3.14. The van der Waals surface area contributed by atoms with Crippen LogP contribution in [0.5, 0.6) is 0 Å². The molecular weight excluding hydrogens is 534 g/mol. The molecular formula is C30H38F2N4O3S. The van der Waals surface area contributed by atoms with Crippen LogP contribution in [-0.2, 0) is 21.2 Å². The number of alkyl halides is 2. The number of hydrogen-bond acceptors (Lipinski definition) is 5. The second-order valence-corrected chi connectivity index (χ2v) is 13.1. The number of sulfonamides is 1. The second kappa shape index (κ2) is 13.1. The van der Waals surface area contributed by atoms with Crippen LogP contribution in [0.2, 0.25) is 0 Å². The van der Waals surface area contributed by atoms with Crippen LogP contribution >= 0.6 is 0 Å². The van der Waals surface area contributed by atoms with Crippen LogP contribution in [-0.4, -0.2) is 62.6 Å². The maximum atomic E-state index is 13.6. The number of carbonyl (C=O) groups excluding carboxylic acids is 1. The molecule has 0 radical (unpaired) electrons. The first-order valence-corrected chi connectivity index (χ1v) is 15.6. The lowest BCUT2D eigenvalue weighted by Crippen LogP contribution is -2.51. The Bertz CT molecular complexity index is 1260. The number of nitrogens with zero attached hydrogens (tertiary/aromatic N) is 3. The van der Waals surface area contributed by atoms with Gasteiger partial charge in [0.1, 0.15) is 0 Å². The fourth-order valence-electron chi connectivity index (χ4n) is 5.63. The molecule has 0 spiro atoms. The topological polar surface area (TPSA) is 93.5 Å². The first-order valence-electron chi connectivity index (χ1n) is 14.0. The molecule has 40 heavy (non-hydrogen) atoms. The van der Waals surface area contributed by atoms with E-state index >= 15 is 0 Å². The number of hydrogen-bond donors (Lipinski definition) is 1. The van der Waals surface area contributed by atoms with Crippen molar-refractivity contribution in [1.82, 2.24) is 10.2 Å². The highest BCUT2D eigenvalue weighted by Gasteiger charge is 2.38. The summed E-state index contributed by atoms with van der Waals surface area (Å²) in [5.41, 5.74) is 2.00. The van der Waals surface area contributed by atoms with Crippen LogP contribution < -0.4 is 9.62 Å². The highest BCUT2D eigenvalue weighted by Crippen LogP contribution is 2.37. The minimum atomic E-state index is -3.72. The third-order valence-corrected chi connectivity index (χ3v) is 9.98. The van der Waals surface area contributed by atoms with Crippen LogP contribution in [0.3, 0.4) is 0 Å². The molecule has 0 bridgehead atoms. The fourth-order valence-corrected chi connectivity index (χ4v) is 7.62. The zero-order chi connectivity index (χ0) is 28.8. The van der Waals surface area contributed by atoms with E-state index in [1.54, 1.807) is 48.5 Å². The number of nitriles is 1. The molecule has 0 aromatic heterocycles. The lowest BCUT2D eigenvalue weighted by atomic mass is 9.88. The Hall–Kier alpha value is -3.03. The number of piperidine rings is 1. The Morgan fingerprint density at radius 1 is 1.07 bits per heavy atom. The molecule has 216 valence electrons. The predicted octanol–water partition coefficient (Wildman–Crippen LogP) is 4.73. The Balaban J connectivity index is 1.32. The summed E-state index contributed by atoms with van der Waals surface area (Å²) < 4.78 is 55.9. The zero-order valence-corrected chi connectivity index (χ0v) is 23.8. The van der Waals surface area contributed by atoms with Crippen molar-refractivity contribution >= 4 is 21.6 Å². The quantitative estimate of drug-likeness (QED) is 0.444. The second-order valence-electron chi connectivity index (χ2n) is 11.2. The Morgan fingerprint density at radius 2 is 1.70 bits per heavy atom. The van der Waals surface area contributed by atoms with E-state index in [4.69, 9.17) is 5.26 Å². The summed E-state index contributed by atoms with van der Waals surface area (Å²) in [5, 5.41) is 12.0. The Morgan fingerprint density at radius 3 is 2.30 bits per heavy atom. The van der Waals surface area contributed by atoms with Crippen LogP contribution in [0.4, 0.5) is 14.5 Å². The monoisotopic (exact) mass is 572 g/mol. The number of amides is 1. The van der Waals surface area contributed by atoms with Gasteiger partial charge < -0.3 is 5.32 Å². The van der Waals surface area contributed by atoms with E-state index in [0.717, 1.165) is 31.5 Å². The van der Waals surface area contributed by atoms with Gasteiger partial charge in [0.25, 0.3) is 0 Å². The van der Waals surface area contributed by atoms with Crippen molar-refractivity contribution in [1.29, 1.82) is 5.26 Å². The van der Waals surface area contributed by atoms with Gasteiger partial charge in [0.2, 0.25) is 21.9 Å². The van der Waals surface area contributed by atoms with E-state index in [1.165, 1.54) is 4.31 Å². The highest BCUT2D eigenvalue weighted by molar-refractivity contribution is 7.92. The van der Waals surface area contributed by atoms with Crippen LogP contribution in [0.1, 0.15) is 56.6 Å². The number of para-hydroxylation sites is 1. The van der Waals surface area contributed by atoms with E-state index in [-0.39, 0.29) is 68.3 Å². The summed E-state index contributed by atoms with van der Waals surface area (Å²) >= 11 is 0. The van der Waals surface area contributed by atoms with Crippen molar-refractivity contribution in [2.24, 2.45) is 5.92 Å². The van der Waals surface area contributed by atoms with E-state index in [2.05, 4.69) is 16.3 Å². The van der Waals surface area contributed by atoms with E-state index < -0.39 is 15.9 Å². The molecule has 1 saturated heterocycles. The maximum absolute atomic E-state index is 13.6. The van der Waals surface area contributed by atoms with Gasteiger partial charge in [-0.05, 0) is 68.4 Å². The summed E-state index contributed by atoms with van der Waals surface area (Å²) in [7, 11) is -3.72. The van der Waals surface area contributed by atoms with Crippen molar-refractivity contribution in [3.05, 3.63) is 65.7 Å². The summed E-state index contributed by atoms with van der Waals surface area (Å²) in [4.78, 5) is 14.8. The molecule has 2 aliphatic rings. The molecule has 2 aromatic carbocycles. The number of halogens is 2. The minimum Gasteiger partial charge on any atom is -0.353 e. The number of benzene rings is 2. The Kier molecular flexibility index (Phi) is 9.80.